The van der Waals surface area contributed by atoms with Crippen molar-refractivity contribution in [3.63, 3.8) is 0 Å². The number of nitrogens with one attached hydrogen (secondary N) is 1. The molecule has 0 aliphatic heterocycles. The molecular formula is C13H19NO. The maximum atomic E-state index is 9.33. The van der Waals surface area contributed by atoms with Crippen LogP contribution in [-0.4, -0.2) is 10.1 Å². The van der Waals surface area contributed by atoms with E-state index in [0.29, 0.717) is 5.75 Å². The van der Waals surface area contributed by atoms with Crippen LogP contribution in [0.3, 0.4) is 0 Å². The van der Waals surface area contributed by atoms with E-state index in [2.05, 4.69) is 11.9 Å². The molecule has 2 rings (SSSR count). The van der Waals surface area contributed by atoms with Gasteiger partial charge in [0.2, 0.25) is 0 Å². The minimum Gasteiger partial charge on any atom is -0.508 e. The van der Waals surface area contributed by atoms with Crippen LogP contribution in [-0.2, 0) is 6.42 Å². The fraction of sp³-hybridized carbons (Fsp3) is 0.385. The molecule has 2 aromatic rings. The average Bonchev–Trinajstić information content (AvgIpc) is 2.65. The standard InChI is InChI=1S/C11H13NO.C2H6/c1-2-3-8-7-12-11-5-4-9(13)6-10(8)11;1-2/h4-7,12-13H,2-3H2,1H3;1-2H3. The fourth-order valence-electron chi connectivity index (χ4n) is 1.64. The Morgan fingerprint density at radius 1 is 1.27 bits per heavy atom. The van der Waals surface area contributed by atoms with Gasteiger partial charge in [0, 0.05) is 17.1 Å². The SMILES string of the molecule is CC.CCCc1c[nH]c2ccc(O)cc12. The lowest BCUT2D eigenvalue weighted by atomic mass is 10.1. The molecule has 0 atom stereocenters. The van der Waals surface area contributed by atoms with Crippen molar-refractivity contribution < 1.29 is 5.11 Å². The summed E-state index contributed by atoms with van der Waals surface area (Å²) in [6.07, 6.45) is 4.21. The third-order valence-electron chi connectivity index (χ3n) is 2.27. The molecule has 0 aliphatic carbocycles. The monoisotopic (exact) mass is 205 g/mol. The number of benzene rings is 1. The van der Waals surface area contributed by atoms with Gasteiger partial charge in [0.05, 0.1) is 0 Å². The molecule has 0 saturated heterocycles. The van der Waals surface area contributed by atoms with Gasteiger partial charge in [-0.1, -0.05) is 27.2 Å². The second kappa shape index (κ2) is 5.44. The highest BCUT2D eigenvalue weighted by Crippen LogP contribution is 2.23. The lowest BCUT2D eigenvalue weighted by molar-refractivity contribution is 0.476. The first-order valence-electron chi connectivity index (χ1n) is 5.60. The van der Waals surface area contributed by atoms with Crippen LogP contribution < -0.4 is 0 Å². The van der Waals surface area contributed by atoms with Gasteiger partial charge in [-0.2, -0.15) is 0 Å². The average molecular weight is 205 g/mol. The van der Waals surface area contributed by atoms with Crippen LogP contribution in [0.1, 0.15) is 32.8 Å². The Balaban J connectivity index is 0.000000531. The highest BCUT2D eigenvalue weighted by Gasteiger charge is 2.02. The fourth-order valence-corrected chi connectivity index (χ4v) is 1.64. The quantitative estimate of drug-likeness (QED) is 0.767. The van der Waals surface area contributed by atoms with Gasteiger partial charge < -0.3 is 10.1 Å². The van der Waals surface area contributed by atoms with Crippen LogP contribution in [0.2, 0.25) is 0 Å². The number of phenolic OH excluding ortho intramolecular Hbond substituents is 1. The van der Waals surface area contributed by atoms with E-state index in [0.717, 1.165) is 23.7 Å². The van der Waals surface area contributed by atoms with Gasteiger partial charge in [-0.05, 0) is 30.2 Å². The van der Waals surface area contributed by atoms with Gasteiger partial charge in [-0.15, -0.1) is 0 Å². The molecule has 15 heavy (non-hydrogen) atoms. The summed E-state index contributed by atoms with van der Waals surface area (Å²) < 4.78 is 0. The molecule has 1 aromatic heterocycles. The van der Waals surface area contributed by atoms with E-state index in [1.54, 1.807) is 6.07 Å². The number of phenols is 1. The van der Waals surface area contributed by atoms with E-state index in [1.165, 1.54) is 5.56 Å². The molecule has 0 spiro atoms. The van der Waals surface area contributed by atoms with Crippen LogP contribution in [0.5, 0.6) is 5.75 Å². The number of aryl methyl sites for hydroxylation is 1. The zero-order chi connectivity index (χ0) is 11.3. The summed E-state index contributed by atoms with van der Waals surface area (Å²) in [5, 5.41) is 10.5. The Morgan fingerprint density at radius 2 is 2.00 bits per heavy atom. The number of aromatic hydroxyl groups is 1. The molecule has 0 amide bonds. The van der Waals surface area contributed by atoms with Gasteiger partial charge in [-0.25, -0.2) is 0 Å². The topological polar surface area (TPSA) is 36.0 Å². The highest BCUT2D eigenvalue weighted by atomic mass is 16.3. The highest BCUT2D eigenvalue weighted by molar-refractivity contribution is 5.84. The van der Waals surface area contributed by atoms with Crippen LogP contribution >= 0.6 is 0 Å². The number of H-pyrrole nitrogens is 1. The second-order valence-corrected chi connectivity index (χ2v) is 3.29. The predicted octanol–water partition coefficient (Wildman–Crippen LogP) is 3.85. The zero-order valence-corrected chi connectivity index (χ0v) is 9.67. The van der Waals surface area contributed by atoms with Crippen molar-refractivity contribution in [1.29, 1.82) is 0 Å². The van der Waals surface area contributed by atoms with Crippen molar-refractivity contribution >= 4 is 10.9 Å². The molecule has 0 aliphatic rings. The Kier molecular flexibility index (Phi) is 4.22. The lowest BCUT2D eigenvalue weighted by Gasteiger charge is -1.96. The van der Waals surface area contributed by atoms with Crippen molar-refractivity contribution in [3.8, 4) is 5.75 Å². The molecule has 82 valence electrons. The molecular weight excluding hydrogens is 186 g/mol. The van der Waals surface area contributed by atoms with Crippen molar-refractivity contribution in [1.82, 2.24) is 4.98 Å². The summed E-state index contributed by atoms with van der Waals surface area (Å²) in [6.45, 7) is 6.15. The molecule has 0 fully saturated rings. The summed E-state index contributed by atoms with van der Waals surface area (Å²) in [5.74, 6) is 0.337. The lowest BCUT2D eigenvalue weighted by Crippen LogP contribution is -1.78. The number of aromatic nitrogens is 1. The van der Waals surface area contributed by atoms with Crippen LogP contribution in [0.25, 0.3) is 10.9 Å². The zero-order valence-electron chi connectivity index (χ0n) is 9.67. The van der Waals surface area contributed by atoms with Crippen LogP contribution in [0, 0.1) is 0 Å². The maximum absolute atomic E-state index is 9.33. The predicted molar refractivity (Wildman–Crippen MR) is 65.3 cm³/mol. The van der Waals surface area contributed by atoms with Crippen molar-refractivity contribution in [2.75, 3.05) is 0 Å². The second-order valence-electron chi connectivity index (χ2n) is 3.29. The first-order chi connectivity index (χ1) is 7.31. The van der Waals surface area contributed by atoms with Crippen molar-refractivity contribution in [2.24, 2.45) is 0 Å². The maximum Gasteiger partial charge on any atom is 0.116 e. The van der Waals surface area contributed by atoms with Gasteiger partial charge in [0.15, 0.2) is 0 Å². The Labute approximate surface area is 90.9 Å². The smallest absolute Gasteiger partial charge is 0.116 e. The number of hydrogen-bond donors (Lipinski definition) is 2. The number of hydrogen-bond acceptors (Lipinski definition) is 1. The van der Waals surface area contributed by atoms with E-state index in [9.17, 15) is 5.11 Å². The summed E-state index contributed by atoms with van der Waals surface area (Å²) in [5.41, 5.74) is 2.38. The first-order valence-corrected chi connectivity index (χ1v) is 5.60. The molecule has 0 bridgehead atoms. The summed E-state index contributed by atoms with van der Waals surface area (Å²) >= 11 is 0. The van der Waals surface area contributed by atoms with Crippen LogP contribution in [0.4, 0.5) is 0 Å². The Bertz CT molecular complexity index is 417. The normalized spacial score (nSPS) is 9.80. The number of aromatic amines is 1. The van der Waals surface area contributed by atoms with E-state index in [4.69, 9.17) is 0 Å². The van der Waals surface area contributed by atoms with Gasteiger partial charge in [-0.3, -0.25) is 0 Å². The molecule has 0 radical (unpaired) electrons. The van der Waals surface area contributed by atoms with Gasteiger partial charge >= 0.3 is 0 Å². The molecule has 2 heteroatoms. The Hall–Kier alpha value is -1.44. The molecule has 2 nitrogen and oxygen atoms in total. The molecule has 1 heterocycles. The van der Waals surface area contributed by atoms with E-state index in [-0.39, 0.29) is 0 Å². The van der Waals surface area contributed by atoms with Crippen molar-refractivity contribution in [3.05, 3.63) is 30.0 Å². The van der Waals surface area contributed by atoms with Crippen molar-refractivity contribution in [2.45, 2.75) is 33.6 Å². The van der Waals surface area contributed by atoms with E-state index in [1.807, 2.05) is 32.2 Å². The third-order valence-corrected chi connectivity index (χ3v) is 2.27. The summed E-state index contributed by atoms with van der Waals surface area (Å²) in [7, 11) is 0. The minimum absolute atomic E-state index is 0.337. The number of fused-ring (bicyclic) bond motifs is 1. The largest absolute Gasteiger partial charge is 0.508 e. The minimum atomic E-state index is 0.337. The van der Waals surface area contributed by atoms with E-state index >= 15 is 0 Å². The number of rotatable bonds is 2. The van der Waals surface area contributed by atoms with Crippen LogP contribution in [0.15, 0.2) is 24.4 Å². The first kappa shape index (κ1) is 11.6. The Morgan fingerprint density at radius 3 is 2.67 bits per heavy atom. The molecule has 2 N–H and O–H groups in total. The van der Waals surface area contributed by atoms with Gasteiger partial charge in [0.1, 0.15) is 5.75 Å². The molecule has 0 saturated carbocycles. The molecule has 1 aromatic carbocycles. The van der Waals surface area contributed by atoms with Gasteiger partial charge in [0.25, 0.3) is 0 Å². The summed E-state index contributed by atoms with van der Waals surface area (Å²) in [4.78, 5) is 3.19. The summed E-state index contributed by atoms with van der Waals surface area (Å²) in [6, 6.07) is 5.43. The van der Waals surface area contributed by atoms with E-state index < -0.39 is 0 Å². The third kappa shape index (κ3) is 2.52. The molecule has 0 unspecified atom stereocenters.